The molecular weight excluding hydrogens is 313 g/mol. The lowest BCUT2D eigenvalue weighted by molar-refractivity contribution is 0.103. The molecule has 0 saturated heterocycles. The van der Waals surface area contributed by atoms with E-state index in [-0.39, 0.29) is 23.2 Å². The first kappa shape index (κ1) is 15.5. The van der Waals surface area contributed by atoms with Crippen molar-refractivity contribution >= 4 is 34.5 Å². The average molecular weight is 324 g/mol. The molecule has 0 saturated carbocycles. The van der Waals surface area contributed by atoms with Crippen molar-refractivity contribution in [1.82, 2.24) is 0 Å². The number of carbonyl (C=O) groups excluding carboxylic acids is 1. The molecule has 2 aromatic rings. The number of hydrogen-bond donors (Lipinski definition) is 2. The fourth-order valence-corrected chi connectivity index (χ4v) is 2.58. The van der Waals surface area contributed by atoms with Gasteiger partial charge in [0.2, 0.25) is 0 Å². The normalized spacial score (nSPS) is 9.86. The van der Waals surface area contributed by atoms with Crippen molar-refractivity contribution in [3.8, 4) is 11.8 Å². The molecule has 108 valence electrons. The van der Waals surface area contributed by atoms with E-state index in [1.54, 1.807) is 11.4 Å². The minimum Gasteiger partial charge on any atom is -0.395 e. The third-order valence-electron chi connectivity index (χ3n) is 2.45. The molecule has 1 amide bonds. The molecule has 1 heterocycles. The van der Waals surface area contributed by atoms with Gasteiger partial charge in [0.25, 0.3) is 5.91 Å². The summed E-state index contributed by atoms with van der Waals surface area (Å²) in [7, 11) is 0. The largest absolute Gasteiger partial charge is 0.395 e. The van der Waals surface area contributed by atoms with E-state index in [4.69, 9.17) is 16.7 Å². The van der Waals surface area contributed by atoms with E-state index in [0.717, 1.165) is 6.07 Å². The summed E-state index contributed by atoms with van der Waals surface area (Å²) in [4.78, 5) is 12.6. The summed E-state index contributed by atoms with van der Waals surface area (Å²) in [6.07, 6.45) is 0.344. The third kappa shape index (κ3) is 4.30. The van der Waals surface area contributed by atoms with Crippen molar-refractivity contribution in [2.45, 2.75) is 6.42 Å². The molecule has 0 unspecified atom stereocenters. The summed E-state index contributed by atoms with van der Waals surface area (Å²) in [5.41, 5.74) is 0.862. The highest BCUT2D eigenvalue weighted by Crippen LogP contribution is 2.21. The lowest BCUT2D eigenvalue weighted by Crippen LogP contribution is -2.11. The molecule has 0 aliphatic heterocycles. The van der Waals surface area contributed by atoms with Crippen LogP contribution in [0.25, 0.3) is 0 Å². The predicted octanol–water partition coefficient (Wildman–Crippen LogP) is 3.53. The molecule has 3 nitrogen and oxygen atoms in total. The van der Waals surface area contributed by atoms with E-state index in [1.807, 2.05) is 0 Å². The number of benzene rings is 1. The number of rotatable bonds is 3. The van der Waals surface area contributed by atoms with E-state index in [1.165, 1.54) is 23.5 Å². The van der Waals surface area contributed by atoms with Crippen LogP contribution in [0.1, 0.15) is 21.7 Å². The Morgan fingerprint density at radius 3 is 2.95 bits per heavy atom. The van der Waals surface area contributed by atoms with Crippen LogP contribution >= 0.6 is 22.9 Å². The SMILES string of the molecule is O=C(Nc1cc(F)cc(Cl)c1)c1sccc1C#CCCO. The summed E-state index contributed by atoms with van der Waals surface area (Å²) in [5.74, 6) is 4.69. The van der Waals surface area contributed by atoms with Crippen molar-refractivity contribution < 1.29 is 14.3 Å². The second-order valence-electron chi connectivity index (χ2n) is 4.05. The Morgan fingerprint density at radius 2 is 2.24 bits per heavy atom. The van der Waals surface area contributed by atoms with Crippen LogP contribution in [0.15, 0.2) is 29.6 Å². The van der Waals surface area contributed by atoms with Gasteiger partial charge in [-0.15, -0.1) is 11.3 Å². The molecule has 21 heavy (non-hydrogen) atoms. The van der Waals surface area contributed by atoms with Gasteiger partial charge in [-0.2, -0.15) is 0 Å². The Hall–Kier alpha value is -1.87. The van der Waals surface area contributed by atoms with E-state index in [0.29, 0.717) is 16.9 Å². The van der Waals surface area contributed by atoms with Crippen LogP contribution in [-0.2, 0) is 0 Å². The van der Waals surface area contributed by atoms with Gasteiger partial charge in [-0.25, -0.2) is 4.39 Å². The maximum absolute atomic E-state index is 13.2. The molecule has 2 N–H and O–H groups in total. The fraction of sp³-hybridized carbons (Fsp3) is 0.133. The number of halogens is 2. The van der Waals surface area contributed by atoms with Crippen molar-refractivity contribution in [3.05, 3.63) is 50.9 Å². The van der Waals surface area contributed by atoms with Crippen LogP contribution in [-0.4, -0.2) is 17.6 Å². The number of anilines is 1. The van der Waals surface area contributed by atoms with Crippen LogP contribution in [0.2, 0.25) is 5.02 Å². The van der Waals surface area contributed by atoms with Gasteiger partial charge in [0.15, 0.2) is 0 Å². The van der Waals surface area contributed by atoms with E-state index >= 15 is 0 Å². The molecule has 0 fully saturated rings. The van der Waals surface area contributed by atoms with Crippen LogP contribution in [0, 0.1) is 17.7 Å². The highest BCUT2D eigenvalue weighted by molar-refractivity contribution is 7.12. The molecule has 1 aromatic carbocycles. The first-order chi connectivity index (χ1) is 10.1. The molecule has 0 radical (unpaired) electrons. The molecule has 0 aliphatic carbocycles. The zero-order valence-corrected chi connectivity index (χ0v) is 12.4. The van der Waals surface area contributed by atoms with Gasteiger partial charge in [0.1, 0.15) is 10.7 Å². The zero-order valence-electron chi connectivity index (χ0n) is 10.8. The van der Waals surface area contributed by atoms with Crippen molar-refractivity contribution in [2.24, 2.45) is 0 Å². The number of amides is 1. The molecule has 2 rings (SSSR count). The van der Waals surface area contributed by atoms with Crippen molar-refractivity contribution in [1.29, 1.82) is 0 Å². The number of thiophene rings is 1. The van der Waals surface area contributed by atoms with Gasteiger partial charge in [-0.3, -0.25) is 4.79 Å². The topological polar surface area (TPSA) is 49.3 Å². The standard InChI is InChI=1S/C15H11ClFNO2S/c16-11-7-12(17)9-13(8-11)18-15(20)14-10(4-6-21-14)3-1-2-5-19/h4,6-9,19H,2,5H2,(H,18,20). The van der Waals surface area contributed by atoms with Crippen LogP contribution in [0.4, 0.5) is 10.1 Å². The summed E-state index contributed by atoms with van der Waals surface area (Å²) in [6.45, 7) is -0.0273. The Bertz CT molecular complexity index is 698. The first-order valence-corrected chi connectivity index (χ1v) is 7.30. The molecule has 0 aliphatic rings. The molecule has 0 atom stereocenters. The summed E-state index contributed by atoms with van der Waals surface area (Å²) < 4.78 is 13.2. The maximum Gasteiger partial charge on any atom is 0.267 e. The minimum absolute atomic E-state index is 0.0273. The number of hydrogen-bond acceptors (Lipinski definition) is 3. The molecule has 6 heteroatoms. The smallest absolute Gasteiger partial charge is 0.267 e. The molecule has 0 bridgehead atoms. The summed E-state index contributed by atoms with van der Waals surface area (Å²) in [6, 6.07) is 5.54. The first-order valence-electron chi connectivity index (χ1n) is 6.05. The monoisotopic (exact) mass is 323 g/mol. The lowest BCUT2D eigenvalue weighted by atomic mass is 10.2. The van der Waals surface area contributed by atoms with Gasteiger partial charge < -0.3 is 10.4 Å². The molecule has 1 aromatic heterocycles. The number of carbonyl (C=O) groups is 1. The number of aliphatic hydroxyl groups is 1. The number of nitrogens with one attached hydrogen (secondary N) is 1. The average Bonchev–Trinajstić information content (AvgIpc) is 2.86. The second-order valence-corrected chi connectivity index (χ2v) is 5.40. The molecule has 0 spiro atoms. The lowest BCUT2D eigenvalue weighted by Gasteiger charge is -2.05. The van der Waals surface area contributed by atoms with E-state index < -0.39 is 5.82 Å². The van der Waals surface area contributed by atoms with Crippen molar-refractivity contribution in [3.63, 3.8) is 0 Å². The third-order valence-corrected chi connectivity index (χ3v) is 3.58. The second kappa shape index (κ2) is 7.23. The van der Waals surface area contributed by atoms with Gasteiger partial charge in [0, 0.05) is 22.7 Å². The Kier molecular flexibility index (Phi) is 5.34. The van der Waals surface area contributed by atoms with Gasteiger partial charge in [0.05, 0.1) is 6.61 Å². The summed E-state index contributed by atoms with van der Waals surface area (Å²) >= 11 is 6.98. The highest BCUT2D eigenvalue weighted by atomic mass is 35.5. The highest BCUT2D eigenvalue weighted by Gasteiger charge is 2.13. The quantitative estimate of drug-likeness (QED) is 0.849. The summed E-state index contributed by atoms with van der Waals surface area (Å²) in [5, 5.41) is 13.2. The fourth-order valence-electron chi connectivity index (χ4n) is 1.61. The van der Waals surface area contributed by atoms with Crippen molar-refractivity contribution in [2.75, 3.05) is 11.9 Å². The Labute approximate surface area is 130 Å². The van der Waals surface area contributed by atoms with Crippen LogP contribution in [0.3, 0.4) is 0 Å². The predicted molar refractivity (Wildman–Crippen MR) is 82.3 cm³/mol. The Morgan fingerprint density at radius 1 is 1.43 bits per heavy atom. The van der Waals surface area contributed by atoms with Crippen LogP contribution < -0.4 is 5.32 Å². The molecular formula is C15H11ClFNO2S. The zero-order chi connectivity index (χ0) is 15.2. The maximum atomic E-state index is 13.2. The van der Waals surface area contributed by atoms with Gasteiger partial charge >= 0.3 is 0 Å². The van der Waals surface area contributed by atoms with E-state index in [9.17, 15) is 9.18 Å². The van der Waals surface area contributed by atoms with Gasteiger partial charge in [-0.05, 0) is 29.6 Å². The Balaban J connectivity index is 2.18. The number of aliphatic hydroxyl groups excluding tert-OH is 1. The van der Waals surface area contributed by atoms with Gasteiger partial charge in [-0.1, -0.05) is 23.4 Å². The minimum atomic E-state index is -0.521. The van der Waals surface area contributed by atoms with E-state index in [2.05, 4.69) is 17.2 Å². The van der Waals surface area contributed by atoms with Crippen LogP contribution in [0.5, 0.6) is 0 Å².